The number of methoxy groups -OCH3 is 1. The third kappa shape index (κ3) is 4.73. The number of ether oxygens (including phenoxy) is 1. The molecule has 2 rings (SSSR count). The molecule has 0 heterocycles. The van der Waals surface area contributed by atoms with Crippen molar-refractivity contribution in [3.05, 3.63) is 48.0 Å². The van der Waals surface area contributed by atoms with Crippen LogP contribution in [0.3, 0.4) is 0 Å². The number of carbonyl (C=O) groups is 1. The maximum Gasteiger partial charge on any atom is 0.261 e. The minimum Gasteiger partial charge on any atom is -0.495 e. The van der Waals surface area contributed by atoms with Crippen molar-refractivity contribution in [3.8, 4) is 5.75 Å². The molecule has 0 fully saturated rings. The van der Waals surface area contributed by atoms with Crippen LogP contribution in [0.25, 0.3) is 0 Å². The van der Waals surface area contributed by atoms with Crippen LogP contribution in [0.1, 0.15) is 32.3 Å². The number of hydrogen-bond donors (Lipinski definition) is 2. The second-order valence-corrected chi connectivity index (χ2v) is 7.61. The molecule has 7 heteroatoms. The summed E-state index contributed by atoms with van der Waals surface area (Å²) in [4.78, 5) is 11.3. The second kappa shape index (κ2) is 7.57. The Morgan fingerprint density at radius 1 is 1.12 bits per heavy atom. The Balaban J connectivity index is 2.36. The van der Waals surface area contributed by atoms with E-state index in [1.54, 1.807) is 12.1 Å². The highest BCUT2D eigenvalue weighted by atomic mass is 32.2. The highest BCUT2D eigenvalue weighted by Gasteiger charge is 2.17. The normalized spacial score (nSPS) is 11.2. The van der Waals surface area contributed by atoms with Gasteiger partial charge in [0.1, 0.15) is 5.75 Å². The summed E-state index contributed by atoms with van der Waals surface area (Å²) in [7, 11) is -2.35. The Morgan fingerprint density at radius 3 is 2.44 bits per heavy atom. The maximum atomic E-state index is 12.7. The average Bonchev–Trinajstić information content (AvgIpc) is 2.54. The van der Waals surface area contributed by atoms with Gasteiger partial charge in [-0.1, -0.05) is 26.0 Å². The summed E-state index contributed by atoms with van der Waals surface area (Å²) < 4.78 is 33.0. The van der Waals surface area contributed by atoms with Crippen LogP contribution in [0.2, 0.25) is 0 Å². The van der Waals surface area contributed by atoms with E-state index in [1.807, 2.05) is 26.0 Å². The van der Waals surface area contributed by atoms with Gasteiger partial charge in [0.05, 0.1) is 17.7 Å². The van der Waals surface area contributed by atoms with Crippen molar-refractivity contribution in [2.24, 2.45) is 0 Å². The number of sulfonamides is 1. The number of amides is 1. The SMILES string of the molecule is COc1ccc(S(=O)(=O)Nc2cccc(C(C)C)c2)cc1NC(C)=O. The Bertz CT molecular complexity index is 876. The fourth-order valence-electron chi connectivity index (χ4n) is 2.32. The van der Waals surface area contributed by atoms with Crippen molar-refractivity contribution in [1.29, 1.82) is 0 Å². The molecule has 0 spiro atoms. The van der Waals surface area contributed by atoms with Gasteiger partial charge in [-0.25, -0.2) is 8.42 Å². The summed E-state index contributed by atoms with van der Waals surface area (Å²) in [5.74, 6) is 0.359. The molecule has 2 aromatic rings. The lowest BCUT2D eigenvalue weighted by Gasteiger charge is -2.13. The van der Waals surface area contributed by atoms with Gasteiger partial charge in [-0.2, -0.15) is 0 Å². The summed E-state index contributed by atoms with van der Waals surface area (Å²) >= 11 is 0. The van der Waals surface area contributed by atoms with E-state index in [0.717, 1.165) is 5.56 Å². The zero-order valence-electron chi connectivity index (χ0n) is 14.7. The predicted molar refractivity (Wildman–Crippen MR) is 98.6 cm³/mol. The van der Waals surface area contributed by atoms with Crippen molar-refractivity contribution in [2.45, 2.75) is 31.6 Å². The average molecular weight is 362 g/mol. The lowest BCUT2D eigenvalue weighted by atomic mass is 10.0. The summed E-state index contributed by atoms with van der Waals surface area (Å²) in [5, 5.41) is 2.57. The Kier molecular flexibility index (Phi) is 5.69. The van der Waals surface area contributed by atoms with E-state index in [9.17, 15) is 13.2 Å². The van der Waals surface area contributed by atoms with Crippen LogP contribution in [-0.2, 0) is 14.8 Å². The van der Waals surface area contributed by atoms with E-state index in [2.05, 4.69) is 10.0 Å². The minimum absolute atomic E-state index is 0.0343. The lowest BCUT2D eigenvalue weighted by Crippen LogP contribution is -2.14. The van der Waals surface area contributed by atoms with Gasteiger partial charge >= 0.3 is 0 Å². The molecule has 0 atom stereocenters. The van der Waals surface area contributed by atoms with Crippen LogP contribution in [0.5, 0.6) is 5.75 Å². The fraction of sp³-hybridized carbons (Fsp3) is 0.278. The molecule has 2 N–H and O–H groups in total. The number of carbonyl (C=O) groups excluding carboxylic acids is 1. The lowest BCUT2D eigenvalue weighted by molar-refractivity contribution is -0.114. The molecule has 0 unspecified atom stereocenters. The molecule has 6 nitrogen and oxygen atoms in total. The first kappa shape index (κ1) is 18.8. The molecule has 0 bridgehead atoms. The minimum atomic E-state index is -3.80. The molecule has 1 amide bonds. The van der Waals surface area contributed by atoms with Crippen LogP contribution in [0.15, 0.2) is 47.4 Å². The quantitative estimate of drug-likeness (QED) is 0.823. The van der Waals surface area contributed by atoms with Gasteiger partial charge in [-0.05, 0) is 41.8 Å². The topological polar surface area (TPSA) is 84.5 Å². The first-order valence-electron chi connectivity index (χ1n) is 7.81. The predicted octanol–water partition coefficient (Wildman–Crippen LogP) is 3.58. The summed E-state index contributed by atoms with van der Waals surface area (Å²) in [6.07, 6.45) is 0. The highest BCUT2D eigenvalue weighted by molar-refractivity contribution is 7.92. The van der Waals surface area contributed by atoms with Crippen LogP contribution < -0.4 is 14.8 Å². The first-order chi connectivity index (χ1) is 11.7. The third-order valence-electron chi connectivity index (χ3n) is 3.60. The third-order valence-corrected chi connectivity index (χ3v) is 4.98. The van der Waals surface area contributed by atoms with Gasteiger partial charge < -0.3 is 10.1 Å². The molecular formula is C18H22N2O4S. The Labute approximate surface area is 148 Å². The Morgan fingerprint density at radius 2 is 1.84 bits per heavy atom. The van der Waals surface area contributed by atoms with Gasteiger partial charge in [0, 0.05) is 12.6 Å². The van der Waals surface area contributed by atoms with Crippen molar-refractivity contribution in [1.82, 2.24) is 0 Å². The number of hydrogen-bond acceptors (Lipinski definition) is 4. The van der Waals surface area contributed by atoms with Gasteiger partial charge in [-0.3, -0.25) is 9.52 Å². The second-order valence-electron chi connectivity index (χ2n) is 5.93. The Hall–Kier alpha value is -2.54. The smallest absolute Gasteiger partial charge is 0.261 e. The number of nitrogens with one attached hydrogen (secondary N) is 2. The van der Waals surface area contributed by atoms with E-state index in [0.29, 0.717) is 17.1 Å². The van der Waals surface area contributed by atoms with Crippen LogP contribution in [0.4, 0.5) is 11.4 Å². The molecule has 25 heavy (non-hydrogen) atoms. The van der Waals surface area contributed by atoms with Crippen molar-refractivity contribution in [2.75, 3.05) is 17.1 Å². The molecular weight excluding hydrogens is 340 g/mol. The van der Waals surface area contributed by atoms with Gasteiger partial charge in [0.25, 0.3) is 10.0 Å². The molecule has 0 radical (unpaired) electrons. The van der Waals surface area contributed by atoms with Crippen LogP contribution in [0, 0.1) is 0 Å². The molecule has 134 valence electrons. The zero-order chi connectivity index (χ0) is 18.6. The number of rotatable bonds is 6. The molecule has 0 aliphatic carbocycles. The van der Waals surface area contributed by atoms with E-state index in [4.69, 9.17) is 4.74 Å². The number of anilines is 2. The van der Waals surface area contributed by atoms with Gasteiger partial charge in [0.2, 0.25) is 5.91 Å². The molecule has 0 aliphatic heterocycles. The molecule has 0 aromatic heterocycles. The van der Waals surface area contributed by atoms with E-state index < -0.39 is 10.0 Å². The van der Waals surface area contributed by atoms with Crippen LogP contribution in [-0.4, -0.2) is 21.4 Å². The maximum absolute atomic E-state index is 12.7. The van der Waals surface area contributed by atoms with Crippen molar-refractivity contribution < 1.29 is 17.9 Å². The van der Waals surface area contributed by atoms with E-state index >= 15 is 0 Å². The summed E-state index contributed by atoms with van der Waals surface area (Å²) in [6.45, 7) is 5.42. The van der Waals surface area contributed by atoms with Gasteiger partial charge in [0.15, 0.2) is 0 Å². The molecule has 0 aliphatic rings. The van der Waals surface area contributed by atoms with Gasteiger partial charge in [-0.15, -0.1) is 0 Å². The highest BCUT2D eigenvalue weighted by Crippen LogP contribution is 2.29. The molecule has 0 saturated heterocycles. The van der Waals surface area contributed by atoms with E-state index in [-0.39, 0.29) is 16.7 Å². The molecule has 0 saturated carbocycles. The first-order valence-corrected chi connectivity index (χ1v) is 9.29. The summed E-state index contributed by atoms with van der Waals surface area (Å²) in [5.41, 5.74) is 1.82. The zero-order valence-corrected chi connectivity index (χ0v) is 15.5. The fourth-order valence-corrected chi connectivity index (χ4v) is 3.39. The molecule has 2 aromatic carbocycles. The standard InChI is InChI=1S/C18H22N2O4S/c1-12(2)14-6-5-7-15(10-14)20-25(22,23)16-8-9-18(24-4)17(11-16)19-13(3)21/h5-12,20H,1-4H3,(H,19,21). The summed E-state index contributed by atoms with van der Waals surface area (Å²) in [6, 6.07) is 11.6. The largest absolute Gasteiger partial charge is 0.495 e. The number of benzene rings is 2. The van der Waals surface area contributed by atoms with Crippen LogP contribution >= 0.6 is 0 Å². The van der Waals surface area contributed by atoms with E-state index in [1.165, 1.54) is 32.2 Å². The van der Waals surface area contributed by atoms with Crippen molar-refractivity contribution in [3.63, 3.8) is 0 Å². The monoisotopic (exact) mass is 362 g/mol. The van der Waals surface area contributed by atoms with Crippen molar-refractivity contribution >= 4 is 27.3 Å².